The largest absolute Gasteiger partial charge is 0.489 e. The summed E-state index contributed by atoms with van der Waals surface area (Å²) in [4.78, 5) is 12.1. The first-order chi connectivity index (χ1) is 10.0. The van der Waals surface area contributed by atoms with Crippen molar-refractivity contribution in [1.29, 1.82) is 0 Å². The lowest BCUT2D eigenvalue weighted by atomic mass is 10.2. The number of thioether (sulfide) groups is 1. The molecule has 0 saturated carbocycles. The first-order valence-corrected chi connectivity index (χ1v) is 8.27. The molecular weight excluding hydrogens is 327 g/mol. The Morgan fingerprint density at radius 2 is 2.32 bits per heavy atom. The fraction of sp³-hybridized carbons (Fsp3) is 0.533. The lowest BCUT2D eigenvalue weighted by Crippen LogP contribution is -2.39. The number of carbonyl (C=O) groups excluding carboxylic acids is 1. The number of anilines is 1. The Morgan fingerprint density at radius 1 is 1.55 bits per heavy atom. The Balaban J connectivity index is 0.00000242. The highest BCUT2D eigenvalue weighted by molar-refractivity contribution is 7.99. The molecule has 1 fully saturated rings. The van der Waals surface area contributed by atoms with Gasteiger partial charge in [0.15, 0.2) is 0 Å². The van der Waals surface area contributed by atoms with Gasteiger partial charge in [-0.15, -0.1) is 12.4 Å². The Kier molecular flexibility index (Phi) is 8.00. The first kappa shape index (κ1) is 19.1. The normalized spacial score (nSPS) is 17.7. The van der Waals surface area contributed by atoms with Crippen molar-refractivity contribution in [3.8, 4) is 5.75 Å². The summed E-state index contributed by atoms with van der Waals surface area (Å²) in [5, 5.41) is 6.06. The maximum Gasteiger partial charge on any atom is 0.226 e. The van der Waals surface area contributed by atoms with Crippen LogP contribution in [0.1, 0.15) is 20.3 Å². The molecule has 4 nitrogen and oxygen atoms in total. The summed E-state index contributed by atoms with van der Waals surface area (Å²) in [6.07, 6.45) is 0.340. The number of carbonyl (C=O) groups is 1. The topological polar surface area (TPSA) is 50.4 Å². The van der Waals surface area contributed by atoms with Crippen LogP contribution >= 0.6 is 24.2 Å². The highest BCUT2D eigenvalue weighted by Gasteiger charge is 2.18. The molecule has 0 aliphatic carbocycles. The maximum atomic E-state index is 13.4. The van der Waals surface area contributed by atoms with E-state index in [-0.39, 0.29) is 30.5 Å². The van der Waals surface area contributed by atoms with Crippen LogP contribution in [0.15, 0.2) is 18.2 Å². The molecule has 1 amide bonds. The molecule has 1 aromatic rings. The molecule has 1 atom stereocenters. The number of rotatable bonds is 5. The highest BCUT2D eigenvalue weighted by atomic mass is 35.5. The van der Waals surface area contributed by atoms with Gasteiger partial charge < -0.3 is 15.4 Å². The van der Waals surface area contributed by atoms with Crippen LogP contribution in [-0.4, -0.2) is 36.1 Å². The van der Waals surface area contributed by atoms with E-state index in [4.69, 9.17) is 4.74 Å². The smallest absolute Gasteiger partial charge is 0.226 e. The van der Waals surface area contributed by atoms with Crippen molar-refractivity contribution in [3.05, 3.63) is 24.0 Å². The Hall–Kier alpha value is -0.980. The third-order valence-corrected chi connectivity index (χ3v) is 4.14. The van der Waals surface area contributed by atoms with E-state index < -0.39 is 5.82 Å². The number of ether oxygens (including phenoxy) is 1. The van der Waals surface area contributed by atoms with Crippen molar-refractivity contribution in [1.82, 2.24) is 5.32 Å². The third kappa shape index (κ3) is 6.02. The number of hydrogen-bond donors (Lipinski definition) is 2. The zero-order valence-electron chi connectivity index (χ0n) is 12.7. The maximum absolute atomic E-state index is 13.4. The third-order valence-electron chi connectivity index (χ3n) is 3.01. The second-order valence-electron chi connectivity index (χ2n) is 5.29. The van der Waals surface area contributed by atoms with Gasteiger partial charge in [0.05, 0.1) is 11.8 Å². The van der Waals surface area contributed by atoms with Crippen molar-refractivity contribution in [2.75, 3.05) is 23.4 Å². The molecule has 2 N–H and O–H groups in total. The van der Waals surface area contributed by atoms with Crippen LogP contribution in [0, 0.1) is 5.82 Å². The van der Waals surface area contributed by atoms with Crippen molar-refractivity contribution >= 4 is 35.8 Å². The van der Waals surface area contributed by atoms with Gasteiger partial charge in [-0.25, -0.2) is 4.39 Å². The Bertz CT molecular complexity index is 496. The molecule has 0 spiro atoms. The SMILES string of the molecule is CC(C)Oc1ccc(F)cc1NC(=O)CC1CSCCN1.Cl. The Morgan fingerprint density at radius 3 is 2.95 bits per heavy atom. The van der Waals surface area contributed by atoms with E-state index in [1.54, 1.807) is 6.07 Å². The summed E-state index contributed by atoms with van der Waals surface area (Å²) in [6.45, 7) is 4.69. The number of amides is 1. The standard InChI is InChI=1S/C15H21FN2O2S.ClH/c1-10(2)20-14-4-3-11(16)7-13(14)18-15(19)8-12-9-21-6-5-17-12;/h3-4,7,10,12,17H,5-6,8-9H2,1-2H3,(H,18,19);1H. The van der Waals surface area contributed by atoms with E-state index in [9.17, 15) is 9.18 Å². The molecule has 1 aromatic carbocycles. The zero-order chi connectivity index (χ0) is 15.2. The molecule has 124 valence electrons. The van der Waals surface area contributed by atoms with Crippen LogP contribution in [0.3, 0.4) is 0 Å². The molecule has 1 aliphatic rings. The van der Waals surface area contributed by atoms with E-state index in [1.807, 2.05) is 25.6 Å². The van der Waals surface area contributed by atoms with Crippen LogP contribution in [0.2, 0.25) is 0 Å². The quantitative estimate of drug-likeness (QED) is 0.858. The number of benzene rings is 1. The second kappa shape index (κ2) is 9.22. The van der Waals surface area contributed by atoms with Crippen LogP contribution in [0.4, 0.5) is 10.1 Å². The van der Waals surface area contributed by atoms with Gasteiger partial charge in [-0.3, -0.25) is 4.79 Å². The van der Waals surface area contributed by atoms with E-state index in [1.165, 1.54) is 12.1 Å². The number of halogens is 2. The summed E-state index contributed by atoms with van der Waals surface area (Å²) in [5.41, 5.74) is 0.386. The van der Waals surface area contributed by atoms with Gasteiger partial charge >= 0.3 is 0 Å². The monoisotopic (exact) mass is 348 g/mol. The van der Waals surface area contributed by atoms with Gasteiger partial charge in [0.25, 0.3) is 0 Å². The van der Waals surface area contributed by atoms with Gasteiger partial charge in [0, 0.05) is 36.6 Å². The minimum atomic E-state index is -0.396. The van der Waals surface area contributed by atoms with E-state index in [2.05, 4.69) is 10.6 Å². The van der Waals surface area contributed by atoms with E-state index in [0.29, 0.717) is 17.9 Å². The van der Waals surface area contributed by atoms with Gasteiger partial charge in [0.1, 0.15) is 11.6 Å². The molecule has 1 aliphatic heterocycles. The summed E-state index contributed by atoms with van der Waals surface area (Å²) < 4.78 is 19.0. The van der Waals surface area contributed by atoms with Crippen LogP contribution < -0.4 is 15.4 Å². The van der Waals surface area contributed by atoms with Crippen molar-refractivity contribution in [2.24, 2.45) is 0 Å². The highest BCUT2D eigenvalue weighted by Crippen LogP contribution is 2.26. The lowest BCUT2D eigenvalue weighted by molar-refractivity contribution is -0.116. The van der Waals surface area contributed by atoms with Crippen LogP contribution in [0.5, 0.6) is 5.75 Å². The molecular formula is C15H22ClFN2O2S. The van der Waals surface area contributed by atoms with Crippen molar-refractivity contribution < 1.29 is 13.9 Å². The summed E-state index contributed by atoms with van der Waals surface area (Å²) in [5.74, 6) is 1.97. The predicted octanol–water partition coefficient (Wildman–Crippen LogP) is 3.07. The van der Waals surface area contributed by atoms with Crippen molar-refractivity contribution in [2.45, 2.75) is 32.4 Å². The number of nitrogens with one attached hydrogen (secondary N) is 2. The summed E-state index contributed by atoms with van der Waals surface area (Å²) in [7, 11) is 0. The predicted molar refractivity (Wildman–Crippen MR) is 91.8 cm³/mol. The summed E-state index contributed by atoms with van der Waals surface area (Å²) in [6, 6.07) is 4.33. The molecule has 1 saturated heterocycles. The van der Waals surface area contributed by atoms with Gasteiger partial charge in [-0.2, -0.15) is 11.8 Å². The van der Waals surface area contributed by atoms with Gasteiger partial charge in [0.2, 0.25) is 5.91 Å². The average molecular weight is 349 g/mol. The molecule has 0 aromatic heterocycles. The molecule has 0 radical (unpaired) electrons. The summed E-state index contributed by atoms with van der Waals surface area (Å²) >= 11 is 1.84. The first-order valence-electron chi connectivity index (χ1n) is 7.12. The number of hydrogen-bond acceptors (Lipinski definition) is 4. The van der Waals surface area contributed by atoms with Crippen LogP contribution in [0.25, 0.3) is 0 Å². The fourth-order valence-corrected chi connectivity index (χ4v) is 3.08. The molecule has 22 heavy (non-hydrogen) atoms. The van der Waals surface area contributed by atoms with E-state index >= 15 is 0 Å². The molecule has 7 heteroatoms. The molecule has 1 unspecified atom stereocenters. The Labute approximate surface area is 141 Å². The van der Waals surface area contributed by atoms with Crippen molar-refractivity contribution in [3.63, 3.8) is 0 Å². The molecule has 2 rings (SSSR count). The van der Waals surface area contributed by atoms with Gasteiger partial charge in [-0.05, 0) is 26.0 Å². The van der Waals surface area contributed by atoms with Gasteiger partial charge in [-0.1, -0.05) is 0 Å². The second-order valence-corrected chi connectivity index (χ2v) is 6.44. The average Bonchev–Trinajstić information content (AvgIpc) is 2.42. The fourth-order valence-electron chi connectivity index (χ4n) is 2.13. The van der Waals surface area contributed by atoms with Crippen LogP contribution in [-0.2, 0) is 4.79 Å². The van der Waals surface area contributed by atoms with E-state index in [0.717, 1.165) is 18.1 Å². The minimum absolute atomic E-state index is 0. The lowest BCUT2D eigenvalue weighted by Gasteiger charge is -2.23. The zero-order valence-corrected chi connectivity index (χ0v) is 14.4. The molecule has 0 bridgehead atoms. The molecule has 1 heterocycles. The minimum Gasteiger partial charge on any atom is -0.489 e.